The van der Waals surface area contributed by atoms with Crippen LogP contribution in [0.3, 0.4) is 0 Å². The molecule has 0 bridgehead atoms. The molecule has 2 N–H and O–H groups in total. The fourth-order valence-corrected chi connectivity index (χ4v) is 2.17. The molecule has 0 spiro atoms. The highest BCUT2D eigenvalue weighted by Gasteiger charge is 2.35. The highest BCUT2D eigenvalue weighted by Crippen LogP contribution is 2.27. The van der Waals surface area contributed by atoms with Crippen LogP contribution in [-0.2, 0) is 0 Å². The summed E-state index contributed by atoms with van der Waals surface area (Å²) in [6.45, 7) is 2.78. The van der Waals surface area contributed by atoms with Gasteiger partial charge in [-0.3, -0.25) is 0 Å². The third-order valence-electron chi connectivity index (χ3n) is 3.02. The first-order valence-electron chi connectivity index (χ1n) is 5.31. The van der Waals surface area contributed by atoms with E-state index in [1.807, 2.05) is 0 Å². The molecule has 1 aliphatic rings. The van der Waals surface area contributed by atoms with Gasteiger partial charge >= 0.3 is 6.09 Å². The Morgan fingerprint density at radius 3 is 2.79 bits per heavy atom. The Morgan fingerprint density at radius 1 is 1.57 bits per heavy atom. The van der Waals surface area contributed by atoms with Crippen molar-refractivity contribution < 1.29 is 15.0 Å². The third kappa shape index (κ3) is 2.38. The number of nitrogens with zero attached hydrogens (tertiary/aromatic N) is 1. The molecule has 0 aromatic heterocycles. The highest BCUT2D eigenvalue weighted by atomic mass is 16.4. The summed E-state index contributed by atoms with van der Waals surface area (Å²) in [6, 6.07) is 0.0393. The topological polar surface area (TPSA) is 60.8 Å². The van der Waals surface area contributed by atoms with Gasteiger partial charge in [-0.15, -0.1) is 0 Å². The summed E-state index contributed by atoms with van der Waals surface area (Å²) < 4.78 is 0. The molecule has 14 heavy (non-hydrogen) atoms. The van der Waals surface area contributed by atoms with Crippen LogP contribution in [0.15, 0.2) is 0 Å². The van der Waals surface area contributed by atoms with Crippen molar-refractivity contribution in [1.82, 2.24) is 4.90 Å². The summed E-state index contributed by atoms with van der Waals surface area (Å²) in [5.74, 6) is 0.151. The molecule has 0 aromatic rings. The maximum Gasteiger partial charge on any atom is 0.407 e. The number of rotatable bonds is 4. The van der Waals surface area contributed by atoms with Crippen LogP contribution in [0, 0.1) is 5.92 Å². The minimum Gasteiger partial charge on any atom is -0.465 e. The lowest BCUT2D eigenvalue weighted by Gasteiger charge is -2.24. The van der Waals surface area contributed by atoms with Gasteiger partial charge in [0.15, 0.2) is 0 Å². The molecule has 0 saturated carbocycles. The Bertz CT molecular complexity index is 196. The Labute approximate surface area is 84.5 Å². The van der Waals surface area contributed by atoms with Crippen LogP contribution in [0.1, 0.15) is 32.6 Å². The number of aliphatic hydroxyl groups is 1. The second kappa shape index (κ2) is 5.20. The van der Waals surface area contributed by atoms with Gasteiger partial charge in [-0.1, -0.05) is 19.8 Å². The van der Waals surface area contributed by atoms with Crippen molar-refractivity contribution >= 4 is 6.09 Å². The number of hydrogen-bond acceptors (Lipinski definition) is 2. The molecule has 0 radical (unpaired) electrons. The molecular formula is C10H19NO3. The molecule has 1 heterocycles. The van der Waals surface area contributed by atoms with E-state index in [1.165, 1.54) is 4.90 Å². The zero-order chi connectivity index (χ0) is 10.6. The van der Waals surface area contributed by atoms with E-state index >= 15 is 0 Å². The molecule has 2 unspecified atom stereocenters. The van der Waals surface area contributed by atoms with Crippen LogP contribution < -0.4 is 0 Å². The summed E-state index contributed by atoms with van der Waals surface area (Å²) in [7, 11) is 0. The van der Waals surface area contributed by atoms with E-state index < -0.39 is 6.09 Å². The first-order chi connectivity index (χ1) is 6.70. The molecule has 2 atom stereocenters. The second-order valence-electron chi connectivity index (χ2n) is 3.92. The average molecular weight is 201 g/mol. The quantitative estimate of drug-likeness (QED) is 0.725. The lowest BCUT2D eigenvalue weighted by Crippen LogP contribution is -2.37. The number of likely N-dealkylation sites (tertiary alicyclic amines) is 1. The number of carbonyl (C=O) groups is 1. The van der Waals surface area contributed by atoms with Crippen LogP contribution >= 0.6 is 0 Å². The monoisotopic (exact) mass is 201 g/mol. The van der Waals surface area contributed by atoms with Crippen molar-refractivity contribution in [3.8, 4) is 0 Å². The fraction of sp³-hybridized carbons (Fsp3) is 0.900. The molecule has 0 aliphatic carbocycles. The van der Waals surface area contributed by atoms with Gasteiger partial charge in [0.2, 0.25) is 0 Å². The van der Waals surface area contributed by atoms with Crippen molar-refractivity contribution in [2.45, 2.75) is 38.6 Å². The van der Waals surface area contributed by atoms with Crippen molar-refractivity contribution in [2.75, 3.05) is 13.2 Å². The summed E-state index contributed by atoms with van der Waals surface area (Å²) in [4.78, 5) is 12.4. The maximum atomic E-state index is 10.9. The molecule has 4 heteroatoms. The average Bonchev–Trinajstić information content (AvgIpc) is 2.57. The zero-order valence-corrected chi connectivity index (χ0v) is 8.65. The molecule has 1 fully saturated rings. The van der Waals surface area contributed by atoms with Crippen LogP contribution in [0.2, 0.25) is 0 Å². The molecule has 1 saturated heterocycles. The van der Waals surface area contributed by atoms with Gasteiger partial charge in [0, 0.05) is 25.1 Å². The van der Waals surface area contributed by atoms with Crippen LogP contribution in [-0.4, -0.2) is 40.4 Å². The van der Waals surface area contributed by atoms with E-state index in [-0.39, 0.29) is 18.6 Å². The van der Waals surface area contributed by atoms with Crippen molar-refractivity contribution in [3.63, 3.8) is 0 Å². The second-order valence-corrected chi connectivity index (χ2v) is 3.92. The molecule has 4 nitrogen and oxygen atoms in total. The predicted octanol–water partition coefficient (Wildman–Crippen LogP) is 1.54. The minimum absolute atomic E-state index is 0.0393. The first-order valence-corrected chi connectivity index (χ1v) is 5.31. The molecule has 1 amide bonds. The Kier molecular flexibility index (Phi) is 4.20. The largest absolute Gasteiger partial charge is 0.465 e. The molecule has 82 valence electrons. The van der Waals surface area contributed by atoms with Crippen LogP contribution in [0.25, 0.3) is 0 Å². The highest BCUT2D eigenvalue weighted by molar-refractivity contribution is 5.65. The number of carboxylic acid groups (broad SMARTS) is 1. The van der Waals surface area contributed by atoms with E-state index in [9.17, 15) is 4.79 Å². The van der Waals surface area contributed by atoms with Gasteiger partial charge in [-0.25, -0.2) is 4.79 Å². The Balaban J connectivity index is 2.55. The summed E-state index contributed by atoms with van der Waals surface area (Å²) in [5.41, 5.74) is 0. The molecule has 0 aromatic carbocycles. The molecule has 1 aliphatic heterocycles. The first kappa shape index (κ1) is 11.3. The lowest BCUT2D eigenvalue weighted by molar-refractivity contribution is 0.120. The van der Waals surface area contributed by atoms with Crippen molar-refractivity contribution in [2.24, 2.45) is 5.92 Å². The van der Waals surface area contributed by atoms with E-state index in [2.05, 4.69) is 6.92 Å². The lowest BCUT2D eigenvalue weighted by atomic mass is 9.97. The zero-order valence-electron chi connectivity index (χ0n) is 8.65. The summed E-state index contributed by atoms with van der Waals surface area (Å²) in [5, 5.41) is 18.1. The molecule has 1 rings (SSSR count). The minimum atomic E-state index is -0.845. The van der Waals surface area contributed by atoms with E-state index in [0.717, 1.165) is 25.7 Å². The number of aliphatic hydroxyl groups excluding tert-OH is 1. The number of amides is 1. The van der Waals surface area contributed by atoms with Crippen LogP contribution in [0.5, 0.6) is 0 Å². The normalized spacial score (nSPS) is 26.9. The van der Waals surface area contributed by atoms with Gasteiger partial charge in [-0.05, 0) is 12.8 Å². The Morgan fingerprint density at radius 2 is 2.29 bits per heavy atom. The summed E-state index contributed by atoms with van der Waals surface area (Å²) in [6.07, 6.45) is 2.94. The van der Waals surface area contributed by atoms with E-state index in [1.54, 1.807) is 0 Å². The number of unbranched alkanes of at least 4 members (excludes halogenated alkanes) is 1. The van der Waals surface area contributed by atoms with Crippen LogP contribution in [0.4, 0.5) is 4.79 Å². The van der Waals surface area contributed by atoms with Gasteiger partial charge in [-0.2, -0.15) is 0 Å². The molecular weight excluding hydrogens is 182 g/mol. The summed E-state index contributed by atoms with van der Waals surface area (Å²) >= 11 is 0. The third-order valence-corrected chi connectivity index (χ3v) is 3.02. The van der Waals surface area contributed by atoms with Crippen molar-refractivity contribution in [1.29, 1.82) is 0 Å². The standard InChI is InChI=1S/C10H19NO3/c1-2-3-4-9-8(7-12)5-6-11(9)10(13)14/h8-9,12H,2-7H2,1H3,(H,13,14). The van der Waals surface area contributed by atoms with Gasteiger partial charge in [0.05, 0.1) is 0 Å². The van der Waals surface area contributed by atoms with Gasteiger partial charge in [0.25, 0.3) is 0 Å². The van der Waals surface area contributed by atoms with Gasteiger partial charge < -0.3 is 15.1 Å². The fourth-order valence-electron chi connectivity index (χ4n) is 2.17. The van der Waals surface area contributed by atoms with E-state index in [0.29, 0.717) is 6.54 Å². The van der Waals surface area contributed by atoms with Gasteiger partial charge in [0.1, 0.15) is 0 Å². The maximum absolute atomic E-state index is 10.9. The van der Waals surface area contributed by atoms with E-state index in [4.69, 9.17) is 10.2 Å². The smallest absolute Gasteiger partial charge is 0.407 e. The predicted molar refractivity (Wildman–Crippen MR) is 53.2 cm³/mol. The SMILES string of the molecule is CCCCC1C(CO)CCN1C(=O)O. The Hall–Kier alpha value is -0.770. The number of hydrogen-bond donors (Lipinski definition) is 2. The van der Waals surface area contributed by atoms with Crippen molar-refractivity contribution in [3.05, 3.63) is 0 Å².